The van der Waals surface area contributed by atoms with Crippen LogP contribution >= 0.6 is 0 Å². The molecule has 0 aliphatic carbocycles. The Labute approximate surface area is 52.6 Å². The zero-order valence-corrected chi connectivity index (χ0v) is 4.74. The summed E-state index contributed by atoms with van der Waals surface area (Å²) in [5.41, 5.74) is 0.452. The van der Waals surface area contributed by atoms with Crippen LogP contribution in [0.3, 0.4) is 0 Å². The molecule has 9 heavy (non-hydrogen) atoms. The zero-order valence-electron chi connectivity index (χ0n) is 4.74. The summed E-state index contributed by atoms with van der Waals surface area (Å²) in [5.74, 6) is 0.0900. The summed E-state index contributed by atoms with van der Waals surface area (Å²) in [6, 6.07) is 2.95. The molecular formula is C6H6NO2. The molecule has 0 bridgehead atoms. The highest BCUT2D eigenvalue weighted by molar-refractivity contribution is 5.17. The summed E-state index contributed by atoms with van der Waals surface area (Å²) >= 11 is 0. The highest BCUT2D eigenvalue weighted by Gasteiger charge is 1.90. The molecule has 0 fully saturated rings. The molecule has 47 valence electrons. The summed E-state index contributed by atoms with van der Waals surface area (Å²) in [6.07, 6.45) is 1.26. The van der Waals surface area contributed by atoms with Crippen LogP contribution in [0.15, 0.2) is 18.3 Å². The molecule has 1 radical (unpaired) electrons. The van der Waals surface area contributed by atoms with Crippen molar-refractivity contribution in [1.82, 2.24) is 4.98 Å². The smallest absolute Gasteiger partial charge is 0.133 e. The summed E-state index contributed by atoms with van der Waals surface area (Å²) in [4.78, 5) is 3.63. The minimum Gasteiger partial charge on any atom is -0.506 e. The van der Waals surface area contributed by atoms with Gasteiger partial charge in [0.2, 0.25) is 0 Å². The number of hydrogen-bond acceptors (Lipinski definition) is 2. The lowest BCUT2D eigenvalue weighted by Gasteiger charge is -1.91. The van der Waals surface area contributed by atoms with Crippen molar-refractivity contribution in [1.29, 1.82) is 0 Å². The van der Waals surface area contributed by atoms with E-state index in [1.54, 1.807) is 0 Å². The topological polar surface area (TPSA) is 53.0 Å². The Hall–Kier alpha value is -1.09. The normalized spacial score (nSPS) is 9.44. The van der Waals surface area contributed by atoms with Gasteiger partial charge in [-0.3, -0.25) is 4.98 Å². The number of rotatable bonds is 1. The molecule has 1 aromatic heterocycles. The number of aromatic hydroxyl groups is 1. The number of nitrogens with zero attached hydrogens (tertiary/aromatic N) is 1. The van der Waals surface area contributed by atoms with Gasteiger partial charge in [-0.05, 0) is 12.1 Å². The first-order chi connectivity index (χ1) is 4.33. The summed E-state index contributed by atoms with van der Waals surface area (Å²) in [7, 11) is 0. The van der Waals surface area contributed by atoms with E-state index in [0.29, 0.717) is 5.69 Å². The first-order valence-electron chi connectivity index (χ1n) is 2.55. The predicted molar refractivity (Wildman–Crippen MR) is 30.3 cm³/mol. The molecule has 0 saturated carbocycles. The lowest BCUT2D eigenvalue weighted by atomic mass is 10.3. The second kappa shape index (κ2) is 2.46. The van der Waals surface area contributed by atoms with E-state index in [1.165, 1.54) is 18.3 Å². The molecule has 1 heterocycles. The Morgan fingerprint density at radius 1 is 1.56 bits per heavy atom. The Morgan fingerprint density at radius 3 is 2.78 bits per heavy atom. The maximum atomic E-state index is 10.1. The van der Waals surface area contributed by atoms with Gasteiger partial charge in [-0.1, -0.05) is 0 Å². The van der Waals surface area contributed by atoms with E-state index < -0.39 is 0 Å². The van der Waals surface area contributed by atoms with Crippen molar-refractivity contribution in [3.63, 3.8) is 0 Å². The molecule has 1 aromatic rings. The number of aromatic nitrogens is 1. The highest BCUT2D eigenvalue weighted by atomic mass is 16.3. The van der Waals surface area contributed by atoms with Crippen LogP contribution in [0.4, 0.5) is 0 Å². The van der Waals surface area contributed by atoms with Crippen molar-refractivity contribution in [3.8, 4) is 5.75 Å². The Bertz CT molecular complexity index is 183. The van der Waals surface area contributed by atoms with Crippen molar-refractivity contribution in [2.75, 3.05) is 0 Å². The summed E-state index contributed by atoms with van der Waals surface area (Å²) < 4.78 is 0. The molecule has 0 spiro atoms. The Balaban J connectivity index is 2.88. The first-order valence-corrected chi connectivity index (χ1v) is 2.55. The van der Waals surface area contributed by atoms with Gasteiger partial charge in [0.1, 0.15) is 12.4 Å². The van der Waals surface area contributed by atoms with Gasteiger partial charge in [-0.15, -0.1) is 0 Å². The molecule has 1 rings (SSSR count). The van der Waals surface area contributed by atoms with E-state index in [1.807, 2.05) is 0 Å². The fraction of sp³-hybridized carbons (Fsp3) is 0.167. The van der Waals surface area contributed by atoms with Crippen molar-refractivity contribution >= 4 is 0 Å². The number of pyridine rings is 1. The molecule has 3 heteroatoms. The Morgan fingerprint density at radius 2 is 2.33 bits per heavy atom. The third-order valence-electron chi connectivity index (χ3n) is 0.957. The van der Waals surface area contributed by atoms with Gasteiger partial charge in [0.05, 0.1) is 11.9 Å². The van der Waals surface area contributed by atoms with Crippen molar-refractivity contribution in [3.05, 3.63) is 24.0 Å². The third-order valence-corrected chi connectivity index (χ3v) is 0.957. The largest absolute Gasteiger partial charge is 0.506 e. The van der Waals surface area contributed by atoms with E-state index >= 15 is 0 Å². The van der Waals surface area contributed by atoms with Crippen molar-refractivity contribution in [2.45, 2.75) is 6.61 Å². The fourth-order valence-corrected chi connectivity index (χ4v) is 0.502. The highest BCUT2D eigenvalue weighted by Crippen LogP contribution is 2.04. The minimum atomic E-state index is -0.333. The molecule has 0 unspecified atom stereocenters. The molecule has 0 atom stereocenters. The molecule has 3 nitrogen and oxygen atoms in total. The monoisotopic (exact) mass is 124 g/mol. The van der Waals surface area contributed by atoms with Crippen molar-refractivity contribution in [2.24, 2.45) is 0 Å². The van der Waals surface area contributed by atoms with E-state index in [2.05, 4.69) is 4.98 Å². The maximum absolute atomic E-state index is 10.1. The van der Waals surface area contributed by atoms with Gasteiger partial charge in [-0.2, -0.15) is 0 Å². The molecule has 0 aromatic carbocycles. The molecular weight excluding hydrogens is 118 g/mol. The first kappa shape index (κ1) is 6.04. The van der Waals surface area contributed by atoms with Crippen LogP contribution in [-0.2, 0) is 11.7 Å². The quantitative estimate of drug-likeness (QED) is 0.599. The van der Waals surface area contributed by atoms with Gasteiger partial charge in [-0.25, -0.2) is 5.11 Å². The standard InChI is InChI=1S/C6H6NO2/c8-4-5-1-2-6(9)3-7-5/h1-3,9H,4H2. The molecule has 0 aliphatic rings. The zero-order chi connectivity index (χ0) is 6.69. The van der Waals surface area contributed by atoms with E-state index in [0.717, 1.165) is 0 Å². The van der Waals surface area contributed by atoms with Crippen LogP contribution in [0.2, 0.25) is 0 Å². The van der Waals surface area contributed by atoms with Crippen LogP contribution < -0.4 is 0 Å². The third kappa shape index (κ3) is 1.40. The molecule has 0 saturated heterocycles. The average molecular weight is 124 g/mol. The van der Waals surface area contributed by atoms with Gasteiger partial charge >= 0.3 is 0 Å². The number of hydrogen-bond donors (Lipinski definition) is 1. The molecule has 0 aliphatic heterocycles. The predicted octanol–water partition coefficient (Wildman–Crippen LogP) is 0.718. The Kier molecular flexibility index (Phi) is 1.65. The van der Waals surface area contributed by atoms with E-state index in [-0.39, 0.29) is 12.4 Å². The SMILES string of the molecule is [O]Cc1ccc(O)cn1. The average Bonchev–Trinajstić information content (AvgIpc) is 1.90. The lowest BCUT2D eigenvalue weighted by molar-refractivity contribution is 0.174. The van der Waals surface area contributed by atoms with Crippen LogP contribution in [0.1, 0.15) is 5.69 Å². The lowest BCUT2D eigenvalue weighted by Crippen LogP contribution is -1.84. The summed E-state index contributed by atoms with van der Waals surface area (Å²) in [5, 5.41) is 18.8. The second-order valence-corrected chi connectivity index (χ2v) is 1.65. The summed E-state index contributed by atoms with van der Waals surface area (Å²) in [6.45, 7) is -0.333. The van der Waals surface area contributed by atoms with Gasteiger partial charge in [0, 0.05) is 0 Å². The van der Waals surface area contributed by atoms with Gasteiger partial charge in [0.15, 0.2) is 0 Å². The van der Waals surface area contributed by atoms with Crippen LogP contribution in [0, 0.1) is 0 Å². The van der Waals surface area contributed by atoms with Gasteiger partial charge < -0.3 is 5.11 Å². The van der Waals surface area contributed by atoms with Crippen LogP contribution in [0.5, 0.6) is 5.75 Å². The van der Waals surface area contributed by atoms with Crippen LogP contribution in [0.25, 0.3) is 0 Å². The fourth-order valence-electron chi connectivity index (χ4n) is 0.502. The van der Waals surface area contributed by atoms with Crippen LogP contribution in [-0.4, -0.2) is 10.1 Å². The molecule has 1 N–H and O–H groups in total. The minimum absolute atomic E-state index is 0.0900. The molecule has 0 amide bonds. The second-order valence-electron chi connectivity index (χ2n) is 1.65. The van der Waals surface area contributed by atoms with Crippen molar-refractivity contribution < 1.29 is 10.2 Å². The van der Waals surface area contributed by atoms with Gasteiger partial charge in [0.25, 0.3) is 0 Å². The van der Waals surface area contributed by atoms with E-state index in [4.69, 9.17) is 5.11 Å². The maximum Gasteiger partial charge on any atom is 0.133 e. The van der Waals surface area contributed by atoms with E-state index in [9.17, 15) is 5.11 Å².